The van der Waals surface area contributed by atoms with Crippen LogP contribution in [0.4, 0.5) is 5.69 Å². The average molecular weight is 337 g/mol. The lowest BCUT2D eigenvalue weighted by Gasteiger charge is -2.04. The molecule has 0 atom stereocenters. The van der Waals surface area contributed by atoms with Crippen molar-refractivity contribution < 1.29 is 9.32 Å². The molecule has 0 unspecified atom stereocenters. The molecule has 0 saturated heterocycles. The fourth-order valence-electron chi connectivity index (χ4n) is 2.12. The molecular formula is C16H11N5O2S. The number of nitrogens with zero attached hydrogens (tertiary/aromatic N) is 4. The highest BCUT2D eigenvalue weighted by molar-refractivity contribution is 7.13. The molecule has 8 heteroatoms. The van der Waals surface area contributed by atoms with Crippen LogP contribution in [-0.2, 0) is 0 Å². The first kappa shape index (κ1) is 14.3. The molecular weight excluding hydrogens is 326 g/mol. The predicted octanol–water partition coefficient (Wildman–Crippen LogP) is 3.24. The van der Waals surface area contributed by atoms with Gasteiger partial charge in [-0.3, -0.25) is 9.36 Å². The number of thiophene rings is 1. The molecule has 0 aliphatic rings. The Kier molecular flexibility index (Phi) is 3.64. The zero-order chi connectivity index (χ0) is 16.4. The summed E-state index contributed by atoms with van der Waals surface area (Å²) in [7, 11) is 0. The van der Waals surface area contributed by atoms with Gasteiger partial charge in [0.15, 0.2) is 11.5 Å². The maximum absolute atomic E-state index is 12.2. The van der Waals surface area contributed by atoms with Gasteiger partial charge in [-0.2, -0.15) is 0 Å². The Morgan fingerprint density at radius 1 is 1.29 bits per heavy atom. The summed E-state index contributed by atoms with van der Waals surface area (Å²) in [6, 6.07) is 8.99. The maximum Gasteiger partial charge on any atom is 0.277 e. The van der Waals surface area contributed by atoms with Gasteiger partial charge in [0.05, 0.1) is 16.8 Å². The minimum Gasteiger partial charge on any atom is -0.355 e. The number of pyridine rings is 1. The van der Waals surface area contributed by atoms with E-state index in [9.17, 15) is 4.79 Å². The zero-order valence-electron chi connectivity index (χ0n) is 12.3. The Hall–Kier alpha value is -3.26. The van der Waals surface area contributed by atoms with Gasteiger partial charge < -0.3 is 9.84 Å². The van der Waals surface area contributed by atoms with Gasteiger partial charge in [-0.25, -0.2) is 9.97 Å². The third-order valence-corrected chi connectivity index (χ3v) is 4.17. The molecule has 4 aromatic rings. The summed E-state index contributed by atoms with van der Waals surface area (Å²) in [5, 5.41) is 8.49. The molecule has 7 nitrogen and oxygen atoms in total. The van der Waals surface area contributed by atoms with Crippen molar-refractivity contribution in [1.82, 2.24) is 19.7 Å². The number of carbonyl (C=O) groups excluding carboxylic acids is 1. The molecule has 0 saturated carbocycles. The largest absolute Gasteiger partial charge is 0.355 e. The van der Waals surface area contributed by atoms with Crippen molar-refractivity contribution in [2.24, 2.45) is 0 Å². The van der Waals surface area contributed by atoms with Crippen molar-refractivity contribution in [3.05, 3.63) is 66.3 Å². The van der Waals surface area contributed by atoms with Crippen molar-refractivity contribution in [2.75, 3.05) is 5.32 Å². The first-order chi connectivity index (χ1) is 11.8. The molecule has 1 N–H and O–H groups in total. The molecule has 118 valence electrons. The van der Waals surface area contributed by atoms with Crippen LogP contribution in [0.25, 0.3) is 16.5 Å². The van der Waals surface area contributed by atoms with Gasteiger partial charge in [-0.15, -0.1) is 11.3 Å². The number of rotatable bonds is 4. The Balaban J connectivity index is 1.48. The first-order valence-corrected chi connectivity index (χ1v) is 7.94. The highest BCUT2D eigenvalue weighted by Crippen LogP contribution is 2.25. The predicted molar refractivity (Wildman–Crippen MR) is 89.1 cm³/mol. The Morgan fingerprint density at radius 2 is 2.25 bits per heavy atom. The molecule has 0 spiro atoms. The number of hydrogen-bond acceptors (Lipinski definition) is 6. The second-order valence-electron chi connectivity index (χ2n) is 4.88. The summed E-state index contributed by atoms with van der Waals surface area (Å²) < 4.78 is 6.98. The quantitative estimate of drug-likeness (QED) is 0.618. The van der Waals surface area contributed by atoms with Crippen molar-refractivity contribution >= 4 is 22.9 Å². The minimum absolute atomic E-state index is 0.220. The molecule has 0 aromatic carbocycles. The molecule has 4 aromatic heterocycles. The highest BCUT2D eigenvalue weighted by Gasteiger charge is 2.14. The fourth-order valence-corrected chi connectivity index (χ4v) is 2.79. The second-order valence-corrected chi connectivity index (χ2v) is 5.83. The van der Waals surface area contributed by atoms with E-state index in [0.29, 0.717) is 17.3 Å². The molecule has 1 amide bonds. The van der Waals surface area contributed by atoms with Crippen LogP contribution in [0.2, 0.25) is 0 Å². The number of hydrogen-bond donors (Lipinski definition) is 1. The van der Waals surface area contributed by atoms with Crippen LogP contribution in [0.1, 0.15) is 10.5 Å². The number of aromatic nitrogens is 4. The van der Waals surface area contributed by atoms with Gasteiger partial charge in [0.25, 0.3) is 5.91 Å². The van der Waals surface area contributed by atoms with Crippen LogP contribution in [0.15, 0.2) is 65.2 Å². The number of anilines is 1. The molecule has 0 bridgehead atoms. The van der Waals surface area contributed by atoms with Crippen LogP contribution in [0, 0.1) is 0 Å². The SMILES string of the molecule is O=C(Nc1ccc(-n2ccnc2)nc1)c1cc(-c2cccs2)on1. The molecule has 4 heterocycles. The maximum atomic E-state index is 12.2. The summed E-state index contributed by atoms with van der Waals surface area (Å²) >= 11 is 1.52. The normalized spacial score (nSPS) is 10.7. The van der Waals surface area contributed by atoms with Crippen LogP contribution >= 0.6 is 11.3 Å². The van der Waals surface area contributed by atoms with Gasteiger partial charge in [-0.1, -0.05) is 11.2 Å². The molecule has 4 rings (SSSR count). The molecule has 0 aliphatic heterocycles. The molecule has 0 fully saturated rings. The summed E-state index contributed by atoms with van der Waals surface area (Å²) in [4.78, 5) is 21.4. The molecule has 0 aliphatic carbocycles. The van der Waals surface area contributed by atoms with Crippen molar-refractivity contribution in [3.8, 4) is 16.5 Å². The van der Waals surface area contributed by atoms with E-state index in [-0.39, 0.29) is 11.6 Å². The van der Waals surface area contributed by atoms with Gasteiger partial charge in [0.1, 0.15) is 12.1 Å². The summed E-state index contributed by atoms with van der Waals surface area (Å²) in [6.07, 6.45) is 6.70. The van der Waals surface area contributed by atoms with E-state index in [1.165, 1.54) is 11.3 Å². The lowest BCUT2D eigenvalue weighted by molar-refractivity contribution is 0.101. The number of amides is 1. The van der Waals surface area contributed by atoms with Crippen LogP contribution in [0.5, 0.6) is 0 Å². The van der Waals surface area contributed by atoms with E-state index in [4.69, 9.17) is 4.52 Å². The van der Waals surface area contributed by atoms with Crippen LogP contribution < -0.4 is 5.32 Å². The van der Waals surface area contributed by atoms with E-state index >= 15 is 0 Å². The van der Waals surface area contributed by atoms with Crippen molar-refractivity contribution in [3.63, 3.8) is 0 Å². The summed E-state index contributed by atoms with van der Waals surface area (Å²) in [5.41, 5.74) is 0.793. The minimum atomic E-state index is -0.348. The van der Waals surface area contributed by atoms with E-state index in [2.05, 4.69) is 20.4 Å². The second kappa shape index (κ2) is 6.09. The van der Waals surface area contributed by atoms with Crippen molar-refractivity contribution in [1.29, 1.82) is 0 Å². The van der Waals surface area contributed by atoms with Gasteiger partial charge in [-0.05, 0) is 23.6 Å². The Morgan fingerprint density at radius 3 is 2.96 bits per heavy atom. The van der Waals surface area contributed by atoms with E-state index < -0.39 is 0 Å². The number of carbonyl (C=O) groups is 1. The van der Waals surface area contributed by atoms with E-state index in [1.807, 2.05) is 17.5 Å². The van der Waals surface area contributed by atoms with Crippen LogP contribution in [-0.4, -0.2) is 25.6 Å². The average Bonchev–Trinajstić information content (AvgIpc) is 3.35. The van der Waals surface area contributed by atoms with Gasteiger partial charge >= 0.3 is 0 Å². The lowest BCUT2D eigenvalue weighted by Crippen LogP contribution is -2.12. The van der Waals surface area contributed by atoms with Gasteiger partial charge in [0.2, 0.25) is 0 Å². The third-order valence-electron chi connectivity index (χ3n) is 3.28. The van der Waals surface area contributed by atoms with Crippen molar-refractivity contribution in [2.45, 2.75) is 0 Å². The van der Waals surface area contributed by atoms with Crippen LogP contribution in [0.3, 0.4) is 0 Å². The monoisotopic (exact) mass is 337 g/mol. The number of nitrogens with one attached hydrogen (secondary N) is 1. The smallest absolute Gasteiger partial charge is 0.277 e. The lowest BCUT2D eigenvalue weighted by atomic mass is 10.3. The molecule has 0 radical (unpaired) electrons. The fraction of sp³-hybridized carbons (Fsp3) is 0. The molecule has 24 heavy (non-hydrogen) atoms. The Labute approximate surface area is 140 Å². The number of imidazole rings is 1. The zero-order valence-corrected chi connectivity index (χ0v) is 13.1. The van der Waals surface area contributed by atoms with E-state index in [0.717, 1.165) is 4.88 Å². The summed E-state index contributed by atoms with van der Waals surface area (Å²) in [6.45, 7) is 0. The topological polar surface area (TPSA) is 85.8 Å². The third kappa shape index (κ3) is 2.82. The first-order valence-electron chi connectivity index (χ1n) is 7.06. The highest BCUT2D eigenvalue weighted by atomic mass is 32.1. The van der Waals surface area contributed by atoms with Gasteiger partial charge in [0, 0.05) is 18.5 Å². The summed E-state index contributed by atoms with van der Waals surface area (Å²) in [5.74, 6) is 0.939. The standard InChI is InChI=1S/C16H11N5O2S/c22-16(12-8-13(23-20-12)14-2-1-7-24-14)19-11-3-4-15(18-9-11)21-6-5-17-10-21/h1-10H,(H,19,22). The van der Waals surface area contributed by atoms with E-state index in [1.54, 1.807) is 47.7 Å². The Bertz CT molecular complexity index is 943.